The molecule has 1 heterocycles. The maximum atomic E-state index is 12.4. The Kier molecular flexibility index (Phi) is 7.88. The lowest BCUT2D eigenvalue weighted by atomic mass is 10.1. The van der Waals surface area contributed by atoms with Crippen molar-refractivity contribution in [2.45, 2.75) is 19.6 Å². The molecule has 0 spiro atoms. The van der Waals surface area contributed by atoms with Crippen molar-refractivity contribution in [1.29, 1.82) is 0 Å². The zero-order valence-corrected chi connectivity index (χ0v) is 19.5. The van der Waals surface area contributed by atoms with Crippen LogP contribution in [0.4, 0.5) is 10.5 Å². The third-order valence-corrected chi connectivity index (χ3v) is 6.14. The number of phenols is 1. The van der Waals surface area contributed by atoms with Gasteiger partial charge in [0, 0.05) is 51.5 Å². The zero-order chi connectivity index (χ0) is 23.8. The molecular formula is C27H32N4O3. The number of hydrogen-bond acceptors (Lipinski definition) is 5. The van der Waals surface area contributed by atoms with Gasteiger partial charge in [0.15, 0.2) is 11.5 Å². The van der Waals surface area contributed by atoms with Crippen LogP contribution in [0.15, 0.2) is 72.8 Å². The molecule has 0 saturated carbocycles. The number of piperazine rings is 1. The Bertz CT molecular complexity index is 1080. The van der Waals surface area contributed by atoms with Gasteiger partial charge in [-0.15, -0.1) is 0 Å². The van der Waals surface area contributed by atoms with Crippen LogP contribution in [0.2, 0.25) is 0 Å². The van der Waals surface area contributed by atoms with Crippen LogP contribution in [-0.4, -0.2) is 49.3 Å². The predicted molar refractivity (Wildman–Crippen MR) is 134 cm³/mol. The molecule has 0 aliphatic carbocycles. The molecule has 1 aliphatic rings. The van der Waals surface area contributed by atoms with E-state index in [2.05, 4.69) is 69.0 Å². The monoisotopic (exact) mass is 460 g/mol. The first-order valence-corrected chi connectivity index (χ1v) is 11.6. The van der Waals surface area contributed by atoms with E-state index in [0.717, 1.165) is 43.9 Å². The van der Waals surface area contributed by atoms with Crippen LogP contribution >= 0.6 is 0 Å². The molecule has 0 bridgehead atoms. The number of benzene rings is 3. The second-order valence-corrected chi connectivity index (χ2v) is 8.41. The fourth-order valence-electron chi connectivity index (χ4n) is 4.18. The Balaban J connectivity index is 1.26. The highest BCUT2D eigenvalue weighted by molar-refractivity contribution is 5.73. The standard InChI is InChI=1S/C27H32N4O3/c1-34-26-17-21(11-12-25(26)32)18-28-27(33)29-19-22-7-5-6-8-23(22)20-30-13-15-31(16-14-30)24-9-3-2-4-10-24/h2-12,17,32H,13-16,18-20H2,1H3,(H2,28,29,33). The van der Waals surface area contributed by atoms with Gasteiger partial charge < -0.3 is 25.4 Å². The van der Waals surface area contributed by atoms with Gasteiger partial charge in [0.25, 0.3) is 0 Å². The van der Waals surface area contributed by atoms with E-state index in [-0.39, 0.29) is 11.8 Å². The predicted octanol–water partition coefficient (Wildman–Crippen LogP) is 3.72. The molecule has 3 aromatic carbocycles. The Morgan fingerprint density at radius 2 is 1.56 bits per heavy atom. The van der Waals surface area contributed by atoms with Crippen molar-refractivity contribution in [3.8, 4) is 11.5 Å². The van der Waals surface area contributed by atoms with Gasteiger partial charge in [0.05, 0.1) is 7.11 Å². The number of nitrogens with zero attached hydrogens (tertiary/aromatic N) is 2. The molecule has 0 aromatic heterocycles. The van der Waals surface area contributed by atoms with Gasteiger partial charge >= 0.3 is 6.03 Å². The van der Waals surface area contributed by atoms with Crippen LogP contribution in [0.25, 0.3) is 0 Å². The summed E-state index contributed by atoms with van der Waals surface area (Å²) in [5.74, 6) is 0.465. The lowest BCUT2D eigenvalue weighted by Crippen LogP contribution is -2.46. The lowest BCUT2D eigenvalue weighted by Gasteiger charge is -2.36. The SMILES string of the molecule is COc1cc(CNC(=O)NCc2ccccc2CN2CCN(c3ccccc3)CC2)ccc1O. The minimum absolute atomic E-state index is 0.0776. The smallest absolute Gasteiger partial charge is 0.315 e. The topological polar surface area (TPSA) is 77.1 Å². The summed E-state index contributed by atoms with van der Waals surface area (Å²) in [6, 6.07) is 23.6. The van der Waals surface area contributed by atoms with Crippen molar-refractivity contribution in [3.63, 3.8) is 0 Å². The number of amides is 2. The number of methoxy groups -OCH3 is 1. The molecule has 2 amide bonds. The molecule has 3 N–H and O–H groups in total. The first kappa shape index (κ1) is 23.4. The third-order valence-electron chi connectivity index (χ3n) is 6.14. The minimum Gasteiger partial charge on any atom is -0.504 e. The van der Waals surface area contributed by atoms with Gasteiger partial charge in [-0.25, -0.2) is 4.79 Å². The Labute approximate surface area is 201 Å². The number of hydrogen-bond donors (Lipinski definition) is 3. The molecule has 1 aliphatic heterocycles. The molecule has 3 aromatic rings. The van der Waals surface area contributed by atoms with Gasteiger partial charge in [-0.2, -0.15) is 0 Å². The number of phenolic OH excluding ortho intramolecular Hbond substituents is 1. The van der Waals surface area contributed by atoms with Gasteiger partial charge in [-0.05, 0) is 41.0 Å². The Morgan fingerprint density at radius 1 is 0.882 bits per heavy atom. The quantitative estimate of drug-likeness (QED) is 0.478. The van der Waals surface area contributed by atoms with E-state index in [4.69, 9.17) is 4.74 Å². The van der Waals surface area contributed by atoms with Crippen LogP contribution in [0.3, 0.4) is 0 Å². The second-order valence-electron chi connectivity index (χ2n) is 8.41. The number of carbonyl (C=O) groups is 1. The number of aromatic hydroxyl groups is 1. The van der Waals surface area contributed by atoms with E-state index < -0.39 is 0 Å². The Hall–Kier alpha value is -3.71. The molecule has 7 nitrogen and oxygen atoms in total. The number of carbonyl (C=O) groups excluding carboxylic acids is 1. The highest BCUT2D eigenvalue weighted by atomic mass is 16.5. The maximum absolute atomic E-state index is 12.4. The van der Waals surface area contributed by atoms with Crippen LogP contribution in [0.1, 0.15) is 16.7 Å². The fraction of sp³-hybridized carbons (Fsp3) is 0.296. The number of ether oxygens (including phenoxy) is 1. The highest BCUT2D eigenvalue weighted by Crippen LogP contribution is 2.26. The van der Waals surface area contributed by atoms with E-state index >= 15 is 0 Å². The maximum Gasteiger partial charge on any atom is 0.315 e. The van der Waals surface area contributed by atoms with E-state index in [9.17, 15) is 9.90 Å². The molecule has 1 fully saturated rings. The molecule has 7 heteroatoms. The van der Waals surface area contributed by atoms with E-state index in [1.54, 1.807) is 18.2 Å². The minimum atomic E-state index is -0.238. The summed E-state index contributed by atoms with van der Waals surface area (Å²) in [5, 5.41) is 15.5. The van der Waals surface area contributed by atoms with Crippen LogP contribution in [-0.2, 0) is 19.6 Å². The summed E-state index contributed by atoms with van der Waals surface area (Å²) in [5.41, 5.74) is 4.48. The average molecular weight is 461 g/mol. The van der Waals surface area contributed by atoms with Crippen LogP contribution in [0.5, 0.6) is 11.5 Å². The van der Waals surface area contributed by atoms with E-state index in [1.807, 2.05) is 6.07 Å². The summed E-state index contributed by atoms with van der Waals surface area (Å²) in [6.45, 7) is 5.71. The van der Waals surface area contributed by atoms with Gasteiger partial charge in [-0.1, -0.05) is 48.5 Å². The number of nitrogens with one attached hydrogen (secondary N) is 2. The molecule has 1 saturated heterocycles. The molecule has 0 unspecified atom stereocenters. The zero-order valence-electron chi connectivity index (χ0n) is 19.5. The average Bonchev–Trinajstić information content (AvgIpc) is 2.88. The van der Waals surface area contributed by atoms with E-state index in [1.165, 1.54) is 18.4 Å². The van der Waals surface area contributed by atoms with Crippen molar-refractivity contribution < 1.29 is 14.6 Å². The van der Waals surface area contributed by atoms with Crippen molar-refractivity contribution in [2.75, 3.05) is 38.2 Å². The summed E-state index contributed by atoms with van der Waals surface area (Å²) >= 11 is 0. The van der Waals surface area contributed by atoms with Gasteiger partial charge in [-0.3, -0.25) is 4.90 Å². The molecular weight excluding hydrogens is 428 g/mol. The molecule has 0 atom stereocenters. The summed E-state index contributed by atoms with van der Waals surface area (Å²) in [4.78, 5) is 17.3. The van der Waals surface area contributed by atoms with Crippen molar-refractivity contribution in [3.05, 3.63) is 89.5 Å². The fourth-order valence-corrected chi connectivity index (χ4v) is 4.18. The van der Waals surface area contributed by atoms with Gasteiger partial charge in [0.2, 0.25) is 0 Å². The third kappa shape index (κ3) is 6.20. The number of rotatable bonds is 8. The van der Waals surface area contributed by atoms with E-state index in [0.29, 0.717) is 18.8 Å². The summed E-state index contributed by atoms with van der Waals surface area (Å²) in [7, 11) is 1.50. The summed E-state index contributed by atoms with van der Waals surface area (Å²) < 4.78 is 5.12. The van der Waals surface area contributed by atoms with Gasteiger partial charge in [0.1, 0.15) is 0 Å². The van der Waals surface area contributed by atoms with Crippen LogP contribution < -0.4 is 20.3 Å². The van der Waals surface area contributed by atoms with Crippen molar-refractivity contribution in [2.24, 2.45) is 0 Å². The number of urea groups is 1. The molecule has 178 valence electrons. The molecule has 4 rings (SSSR count). The van der Waals surface area contributed by atoms with Crippen molar-refractivity contribution in [1.82, 2.24) is 15.5 Å². The largest absolute Gasteiger partial charge is 0.504 e. The van der Waals surface area contributed by atoms with Crippen molar-refractivity contribution >= 4 is 11.7 Å². The number of anilines is 1. The highest BCUT2D eigenvalue weighted by Gasteiger charge is 2.18. The number of para-hydroxylation sites is 1. The second kappa shape index (κ2) is 11.4. The van der Waals surface area contributed by atoms with Crippen LogP contribution in [0, 0.1) is 0 Å². The molecule has 34 heavy (non-hydrogen) atoms. The first-order valence-electron chi connectivity index (χ1n) is 11.6. The lowest BCUT2D eigenvalue weighted by molar-refractivity contribution is 0.239. The first-order chi connectivity index (χ1) is 16.6. The summed E-state index contributed by atoms with van der Waals surface area (Å²) in [6.07, 6.45) is 0. The Morgan fingerprint density at radius 3 is 2.29 bits per heavy atom. The normalized spacial score (nSPS) is 14.0. The molecule has 0 radical (unpaired) electrons.